The average molecular weight is 290 g/mol. The van der Waals surface area contributed by atoms with Crippen molar-refractivity contribution in [3.8, 4) is 5.75 Å². The van der Waals surface area contributed by atoms with Gasteiger partial charge in [-0.2, -0.15) is 0 Å². The first-order chi connectivity index (χ1) is 10.1. The number of nitrogens with one attached hydrogen (secondary N) is 1. The van der Waals surface area contributed by atoms with E-state index in [2.05, 4.69) is 10.2 Å². The lowest BCUT2D eigenvalue weighted by Gasteiger charge is -2.23. The summed E-state index contributed by atoms with van der Waals surface area (Å²) in [6, 6.07) is 7.19. The number of carbonyl (C=O) groups is 2. The first-order valence-electron chi connectivity index (χ1n) is 7.32. The van der Waals surface area contributed by atoms with Crippen molar-refractivity contribution in [1.29, 1.82) is 0 Å². The van der Waals surface area contributed by atoms with Gasteiger partial charge in [0.1, 0.15) is 12.4 Å². The average Bonchev–Trinajstić information content (AvgIpc) is 2.95. The lowest BCUT2D eigenvalue weighted by Crippen LogP contribution is -2.43. The molecule has 1 amide bonds. The fourth-order valence-corrected chi connectivity index (χ4v) is 2.71. The molecule has 21 heavy (non-hydrogen) atoms. The van der Waals surface area contributed by atoms with Crippen LogP contribution in [0.25, 0.3) is 0 Å². The van der Waals surface area contributed by atoms with Crippen molar-refractivity contribution in [3.63, 3.8) is 0 Å². The second kappa shape index (κ2) is 7.22. The summed E-state index contributed by atoms with van der Waals surface area (Å²) in [6.45, 7) is 3.60. The van der Waals surface area contributed by atoms with E-state index in [4.69, 9.17) is 4.74 Å². The number of ether oxygens (including phenoxy) is 1. The third-order valence-corrected chi connectivity index (χ3v) is 3.82. The first kappa shape index (κ1) is 15.5. The fourth-order valence-electron chi connectivity index (χ4n) is 2.71. The van der Waals surface area contributed by atoms with Crippen LogP contribution in [0.3, 0.4) is 0 Å². The first-order valence-corrected chi connectivity index (χ1v) is 7.32. The molecule has 114 valence electrons. The van der Waals surface area contributed by atoms with Gasteiger partial charge in [-0.15, -0.1) is 0 Å². The highest BCUT2D eigenvalue weighted by Gasteiger charge is 2.29. The Balaban J connectivity index is 1.90. The van der Waals surface area contributed by atoms with Crippen LogP contribution in [0.15, 0.2) is 24.3 Å². The Bertz CT molecular complexity index is 516. The third kappa shape index (κ3) is 3.82. The van der Waals surface area contributed by atoms with Gasteiger partial charge < -0.3 is 10.1 Å². The zero-order valence-electron chi connectivity index (χ0n) is 12.6. The van der Waals surface area contributed by atoms with E-state index in [0.717, 1.165) is 19.4 Å². The van der Waals surface area contributed by atoms with Crippen LogP contribution >= 0.6 is 0 Å². The van der Waals surface area contributed by atoms with Crippen LogP contribution in [0.2, 0.25) is 0 Å². The molecule has 1 aromatic carbocycles. The number of carbonyl (C=O) groups excluding carboxylic acids is 2. The van der Waals surface area contributed by atoms with E-state index in [1.165, 1.54) is 6.92 Å². The number of benzene rings is 1. The van der Waals surface area contributed by atoms with E-state index in [0.29, 0.717) is 24.5 Å². The summed E-state index contributed by atoms with van der Waals surface area (Å²) in [5.41, 5.74) is 0.599. The number of likely N-dealkylation sites (tertiary alicyclic amines) is 1. The molecule has 0 aromatic heterocycles. The van der Waals surface area contributed by atoms with Gasteiger partial charge >= 0.3 is 0 Å². The molecule has 1 saturated heterocycles. The molecule has 1 aliphatic heterocycles. The quantitative estimate of drug-likeness (QED) is 0.806. The molecule has 2 rings (SSSR count). The number of para-hydroxylation sites is 1. The summed E-state index contributed by atoms with van der Waals surface area (Å²) in [5, 5.41) is 2.70. The molecule has 1 unspecified atom stereocenters. The van der Waals surface area contributed by atoms with Crippen molar-refractivity contribution in [2.75, 3.05) is 26.7 Å². The van der Waals surface area contributed by atoms with Crippen molar-refractivity contribution >= 4 is 11.7 Å². The monoisotopic (exact) mass is 290 g/mol. The van der Waals surface area contributed by atoms with Crippen LogP contribution in [-0.2, 0) is 4.79 Å². The highest BCUT2D eigenvalue weighted by atomic mass is 16.5. The molecule has 0 spiro atoms. The highest BCUT2D eigenvalue weighted by molar-refractivity contribution is 5.96. The number of amides is 1. The predicted molar refractivity (Wildman–Crippen MR) is 80.6 cm³/mol. The normalized spacial score (nSPS) is 18.5. The summed E-state index contributed by atoms with van der Waals surface area (Å²) in [5.74, 6) is 0.673. The number of Topliss-reactive ketones (excluding diaryl/α,β-unsaturated/α-hetero) is 1. The van der Waals surface area contributed by atoms with Gasteiger partial charge in [-0.3, -0.25) is 14.5 Å². The van der Waals surface area contributed by atoms with E-state index >= 15 is 0 Å². The maximum Gasteiger partial charge on any atom is 0.237 e. The van der Waals surface area contributed by atoms with Gasteiger partial charge in [-0.1, -0.05) is 12.1 Å². The Morgan fingerprint density at radius 1 is 1.38 bits per heavy atom. The van der Waals surface area contributed by atoms with Crippen molar-refractivity contribution in [3.05, 3.63) is 29.8 Å². The topological polar surface area (TPSA) is 58.6 Å². The number of nitrogens with zero attached hydrogens (tertiary/aromatic N) is 1. The Kier molecular flexibility index (Phi) is 5.33. The Labute approximate surface area is 125 Å². The smallest absolute Gasteiger partial charge is 0.237 e. The van der Waals surface area contributed by atoms with E-state index in [1.807, 2.05) is 12.1 Å². The molecule has 0 bridgehead atoms. The highest BCUT2D eigenvalue weighted by Crippen LogP contribution is 2.20. The summed E-state index contributed by atoms with van der Waals surface area (Å²) < 4.78 is 5.73. The molecule has 0 aliphatic carbocycles. The van der Waals surface area contributed by atoms with Crippen LogP contribution in [-0.4, -0.2) is 49.4 Å². The zero-order valence-corrected chi connectivity index (χ0v) is 12.6. The van der Waals surface area contributed by atoms with Gasteiger partial charge in [0.25, 0.3) is 0 Å². The molecule has 1 atom stereocenters. The molecule has 5 heteroatoms. The number of ketones is 1. The summed E-state index contributed by atoms with van der Waals surface area (Å²) in [4.78, 5) is 25.4. The molecular weight excluding hydrogens is 268 g/mol. The van der Waals surface area contributed by atoms with Crippen molar-refractivity contribution < 1.29 is 14.3 Å². The van der Waals surface area contributed by atoms with Gasteiger partial charge in [-0.25, -0.2) is 0 Å². The molecule has 5 nitrogen and oxygen atoms in total. The molecule has 1 fully saturated rings. The Morgan fingerprint density at radius 3 is 2.86 bits per heavy atom. The number of likely N-dealkylation sites (N-methyl/N-ethyl adjacent to an activating group) is 1. The number of hydrogen-bond donors (Lipinski definition) is 1. The van der Waals surface area contributed by atoms with Gasteiger partial charge in [-0.05, 0) is 38.4 Å². The fraction of sp³-hybridized carbons (Fsp3) is 0.500. The van der Waals surface area contributed by atoms with Gasteiger partial charge in [0, 0.05) is 13.6 Å². The van der Waals surface area contributed by atoms with E-state index < -0.39 is 0 Å². The molecular formula is C16H22N2O3. The minimum Gasteiger partial charge on any atom is -0.491 e. The zero-order chi connectivity index (χ0) is 15.2. The minimum absolute atomic E-state index is 0.00462. The van der Waals surface area contributed by atoms with Crippen LogP contribution < -0.4 is 10.1 Å². The van der Waals surface area contributed by atoms with Gasteiger partial charge in [0.15, 0.2) is 5.78 Å². The molecule has 1 aliphatic rings. The van der Waals surface area contributed by atoms with Crippen LogP contribution in [0.5, 0.6) is 5.75 Å². The van der Waals surface area contributed by atoms with Gasteiger partial charge in [0.05, 0.1) is 11.6 Å². The molecule has 0 saturated carbocycles. The third-order valence-electron chi connectivity index (χ3n) is 3.82. The largest absolute Gasteiger partial charge is 0.491 e. The van der Waals surface area contributed by atoms with Crippen molar-refractivity contribution in [1.82, 2.24) is 10.2 Å². The minimum atomic E-state index is -0.0540. The second-order valence-corrected chi connectivity index (χ2v) is 5.21. The Morgan fingerprint density at radius 2 is 2.14 bits per heavy atom. The summed E-state index contributed by atoms with van der Waals surface area (Å²) in [6.07, 6.45) is 1.92. The van der Waals surface area contributed by atoms with E-state index in [1.54, 1.807) is 19.2 Å². The molecule has 0 radical (unpaired) electrons. The molecule has 1 N–H and O–H groups in total. The maximum absolute atomic E-state index is 11.8. The van der Waals surface area contributed by atoms with Crippen molar-refractivity contribution in [2.45, 2.75) is 25.8 Å². The maximum atomic E-state index is 11.8. The Hall–Kier alpha value is -1.88. The molecule has 1 heterocycles. The van der Waals surface area contributed by atoms with Gasteiger partial charge in [0.2, 0.25) is 5.91 Å². The molecule has 1 aromatic rings. The number of hydrogen-bond acceptors (Lipinski definition) is 4. The van der Waals surface area contributed by atoms with Crippen LogP contribution in [0.1, 0.15) is 30.1 Å². The van der Waals surface area contributed by atoms with Crippen molar-refractivity contribution in [2.24, 2.45) is 0 Å². The summed E-state index contributed by atoms with van der Waals surface area (Å²) >= 11 is 0. The SMILES string of the molecule is CNC(=O)C1CCCN1CCOc1ccccc1C(C)=O. The number of rotatable bonds is 6. The van der Waals surface area contributed by atoms with E-state index in [-0.39, 0.29) is 17.7 Å². The van der Waals surface area contributed by atoms with Crippen LogP contribution in [0, 0.1) is 0 Å². The van der Waals surface area contributed by atoms with E-state index in [9.17, 15) is 9.59 Å². The summed E-state index contributed by atoms with van der Waals surface area (Å²) in [7, 11) is 1.67. The lowest BCUT2D eigenvalue weighted by molar-refractivity contribution is -0.125. The second-order valence-electron chi connectivity index (χ2n) is 5.21. The predicted octanol–water partition coefficient (Wildman–Crippen LogP) is 1.48. The lowest BCUT2D eigenvalue weighted by atomic mass is 10.1. The standard InChI is InChI=1S/C16H22N2O3/c1-12(19)13-6-3-4-8-15(13)21-11-10-18-9-5-7-14(18)16(20)17-2/h3-4,6,8,14H,5,7,9-11H2,1-2H3,(H,17,20). The van der Waals surface area contributed by atoms with Crippen LogP contribution in [0.4, 0.5) is 0 Å².